The molecule has 0 aromatic heterocycles. The van der Waals surface area contributed by atoms with Crippen LogP contribution in [-0.4, -0.2) is 45.9 Å². The lowest BCUT2D eigenvalue weighted by atomic mass is 10.0. The summed E-state index contributed by atoms with van der Waals surface area (Å²) in [5.41, 5.74) is 0. The summed E-state index contributed by atoms with van der Waals surface area (Å²) in [5, 5.41) is 0. The molecule has 0 radical (unpaired) electrons. The predicted octanol–water partition coefficient (Wildman–Crippen LogP) is -0.664. The summed E-state index contributed by atoms with van der Waals surface area (Å²) in [5.74, 6) is -0.683. The zero-order valence-corrected chi connectivity index (χ0v) is 9.71. The van der Waals surface area contributed by atoms with Gasteiger partial charge >= 0.3 is 5.97 Å². The zero-order valence-electron chi connectivity index (χ0n) is 8.89. The minimum Gasteiger partial charge on any atom is -0.469 e. The molecule has 1 heterocycles. The molecule has 15 heavy (non-hydrogen) atoms. The van der Waals surface area contributed by atoms with E-state index < -0.39 is 10.2 Å². The molecule has 0 amide bonds. The van der Waals surface area contributed by atoms with Gasteiger partial charge in [0.1, 0.15) is 0 Å². The standard InChI is InChI=1S/C8H16N2O4S/c1-9-15(12,13)10-5-3-4-7(6-10)8(11)14-2/h7,9H,3-6H2,1-2H3/t7-/m0/s1. The maximum absolute atomic E-state index is 11.5. The van der Waals surface area contributed by atoms with Gasteiger partial charge in [0.2, 0.25) is 0 Å². The summed E-state index contributed by atoms with van der Waals surface area (Å²) in [4.78, 5) is 11.3. The number of esters is 1. The lowest BCUT2D eigenvalue weighted by Crippen LogP contribution is -2.46. The Labute approximate surface area is 89.8 Å². The van der Waals surface area contributed by atoms with Crippen molar-refractivity contribution in [2.24, 2.45) is 5.92 Å². The molecule has 0 aromatic carbocycles. The number of hydrogen-bond acceptors (Lipinski definition) is 4. The van der Waals surface area contributed by atoms with Crippen LogP contribution in [0.3, 0.4) is 0 Å². The van der Waals surface area contributed by atoms with Crippen LogP contribution in [0.4, 0.5) is 0 Å². The van der Waals surface area contributed by atoms with Crippen LogP contribution >= 0.6 is 0 Å². The van der Waals surface area contributed by atoms with Crippen LogP contribution in [0.25, 0.3) is 0 Å². The minimum absolute atomic E-state index is 0.204. The first-order valence-corrected chi connectivity index (χ1v) is 6.21. The summed E-state index contributed by atoms with van der Waals surface area (Å²) < 4.78 is 31.1. The molecular weight excluding hydrogens is 220 g/mol. The smallest absolute Gasteiger partial charge is 0.309 e. The van der Waals surface area contributed by atoms with Crippen molar-refractivity contribution in [3.63, 3.8) is 0 Å². The van der Waals surface area contributed by atoms with Crippen molar-refractivity contribution in [3.8, 4) is 0 Å². The first kappa shape index (κ1) is 12.4. The number of ether oxygens (including phenoxy) is 1. The van der Waals surface area contributed by atoms with Gasteiger partial charge in [0.15, 0.2) is 0 Å². The van der Waals surface area contributed by atoms with E-state index >= 15 is 0 Å². The first-order chi connectivity index (χ1) is 7.01. The topological polar surface area (TPSA) is 75.7 Å². The summed E-state index contributed by atoms with van der Waals surface area (Å²) in [6, 6.07) is 0. The number of carbonyl (C=O) groups excluding carboxylic acids is 1. The predicted molar refractivity (Wildman–Crippen MR) is 54.3 cm³/mol. The van der Waals surface area contributed by atoms with Crippen LogP contribution in [0, 0.1) is 5.92 Å². The zero-order chi connectivity index (χ0) is 11.5. The SMILES string of the molecule is CNS(=O)(=O)N1CCC[C@H](C(=O)OC)C1. The average molecular weight is 236 g/mol. The molecule has 0 saturated carbocycles. The van der Waals surface area contributed by atoms with Crippen molar-refractivity contribution < 1.29 is 17.9 Å². The van der Waals surface area contributed by atoms with E-state index in [9.17, 15) is 13.2 Å². The molecule has 0 spiro atoms. The van der Waals surface area contributed by atoms with Crippen LogP contribution in [-0.2, 0) is 19.7 Å². The van der Waals surface area contributed by atoms with E-state index in [4.69, 9.17) is 0 Å². The number of nitrogens with one attached hydrogen (secondary N) is 1. The van der Waals surface area contributed by atoms with Gasteiger partial charge in [-0.2, -0.15) is 12.7 Å². The molecule has 1 aliphatic rings. The molecule has 0 aromatic rings. The van der Waals surface area contributed by atoms with Crippen molar-refractivity contribution in [1.82, 2.24) is 9.03 Å². The molecule has 1 aliphatic heterocycles. The number of hydrogen-bond donors (Lipinski definition) is 1. The van der Waals surface area contributed by atoms with Gasteiger partial charge in [0, 0.05) is 20.1 Å². The monoisotopic (exact) mass is 236 g/mol. The van der Waals surface area contributed by atoms with E-state index in [1.165, 1.54) is 18.5 Å². The first-order valence-electron chi connectivity index (χ1n) is 4.77. The lowest BCUT2D eigenvalue weighted by molar-refractivity contribution is -0.146. The number of rotatable bonds is 3. The molecule has 88 valence electrons. The summed E-state index contributed by atoms with van der Waals surface area (Å²) in [6.45, 7) is 0.659. The van der Waals surface area contributed by atoms with Crippen LogP contribution in [0.2, 0.25) is 0 Å². The molecule has 7 heteroatoms. The summed E-state index contributed by atoms with van der Waals surface area (Å²) in [7, 11) is -0.749. The number of nitrogens with zero attached hydrogens (tertiary/aromatic N) is 1. The maximum Gasteiger partial charge on any atom is 0.309 e. The molecule has 0 bridgehead atoms. The highest BCUT2D eigenvalue weighted by molar-refractivity contribution is 7.87. The van der Waals surface area contributed by atoms with E-state index in [1.54, 1.807) is 0 Å². The summed E-state index contributed by atoms with van der Waals surface area (Å²) >= 11 is 0. The van der Waals surface area contributed by atoms with Gasteiger partial charge in [0.25, 0.3) is 10.2 Å². The highest BCUT2D eigenvalue weighted by Crippen LogP contribution is 2.19. The van der Waals surface area contributed by atoms with E-state index in [0.717, 1.165) is 0 Å². The Morgan fingerprint density at radius 3 is 2.73 bits per heavy atom. The van der Waals surface area contributed by atoms with Gasteiger partial charge in [-0.1, -0.05) is 0 Å². The van der Waals surface area contributed by atoms with Crippen LogP contribution < -0.4 is 4.72 Å². The highest BCUT2D eigenvalue weighted by Gasteiger charge is 2.31. The molecule has 1 atom stereocenters. The van der Waals surface area contributed by atoms with Gasteiger partial charge in [0.05, 0.1) is 13.0 Å². The van der Waals surface area contributed by atoms with Gasteiger partial charge in [-0.25, -0.2) is 4.72 Å². The second-order valence-electron chi connectivity index (χ2n) is 3.43. The molecule has 0 aliphatic carbocycles. The number of carbonyl (C=O) groups is 1. The Morgan fingerprint density at radius 2 is 2.20 bits per heavy atom. The Kier molecular flexibility index (Phi) is 4.06. The quantitative estimate of drug-likeness (QED) is 0.660. The van der Waals surface area contributed by atoms with E-state index in [-0.39, 0.29) is 18.4 Å². The second-order valence-corrected chi connectivity index (χ2v) is 5.30. The van der Waals surface area contributed by atoms with Gasteiger partial charge in [-0.05, 0) is 12.8 Å². The van der Waals surface area contributed by atoms with Crippen molar-refractivity contribution >= 4 is 16.2 Å². The third-order valence-corrected chi connectivity index (χ3v) is 4.04. The van der Waals surface area contributed by atoms with E-state index in [0.29, 0.717) is 19.4 Å². The van der Waals surface area contributed by atoms with Crippen molar-refractivity contribution in [1.29, 1.82) is 0 Å². The van der Waals surface area contributed by atoms with Gasteiger partial charge < -0.3 is 4.74 Å². The Morgan fingerprint density at radius 1 is 1.53 bits per heavy atom. The Bertz CT molecular complexity index is 328. The molecule has 1 saturated heterocycles. The van der Waals surface area contributed by atoms with Crippen LogP contribution in [0.5, 0.6) is 0 Å². The normalized spacial score (nSPS) is 23.7. The largest absolute Gasteiger partial charge is 0.469 e. The van der Waals surface area contributed by atoms with Crippen molar-refractivity contribution in [2.45, 2.75) is 12.8 Å². The van der Waals surface area contributed by atoms with Crippen LogP contribution in [0.1, 0.15) is 12.8 Å². The second kappa shape index (κ2) is 4.91. The van der Waals surface area contributed by atoms with Crippen LogP contribution in [0.15, 0.2) is 0 Å². The fourth-order valence-electron chi connectivity index (χ4n) is 1.65. The molecule has 0 unspecified atom stereocenters. The molecule has 6 nitrogen and oxygen atoms in total. The molecular formula is C8H16N2O4S. The number of piperidine rings is 1. The minimum atomic E-state index is -3.42. The fraction of sp³-hybridized carbons (Fsp3) is 0.875. The lowest BCUT2D eigenvalue weighted by Gasteiger charge is -2.29. The Hall–Kier alpha value is -0.660. The molecule has 1 rings (SSSR count). The van der Waals surface area contributed by atoms with Crippen molar-refractivity contribution in [3.05, 3.63) is 0 Å². The maximum atomic E-state index is 11.5. The summed E-state index contributed by atoms with van der Waals surface area (Å²) in [6.07, 6.45) is 1.36. The fourth-order valence-corrected chi connectivity index (χ4v) is 2.65. The van der Waals surface area contributed by atoms with Crippen molar-refractivity contribution in [2.75, 3.05) is 27.2 Å². The third kappa shape index (κ3) is 2.90. The average Bonchev–Trinajstić information content (AvgIpc) is 2.28. The molecule has 1 N–H and O–H groups in total. The molecule has 1 fully saturated rings. The Balaban J connectivity index is 2.68. The van der Waals surface area contributed by atoms with E-state index in [2.05, 4.69) is 9.46 Å². The van der Waals surface area contributed by atoms with Gasteiger partial charge in [-0.15, -0.1) is 0 Å². The number of methoxy groups -OCH3 is 1. The third-order valence-electron chi connectivity index (χ3n) is 2.52. The van der Waals surface area contributed by atoms with E-state index in [1.807, 2.05) is 0 Å². The highest BCUT2D eigenvalue weighted by atomic mass is 32.2. The van der Waals surface area contributed by atoms with Gasteiger partial charge in [-0.3, -0.25) is 4.79 Å².